The predicted molar refractivity (Wildman–Crippen MR) is 126 cm³/mol. The highest BCUT2D eigenvalue weighted by molar-refractivity contribution is 5.92. The number of carbonyl (C=O) groups excluding carboxylic acids is 1. The SMILES string of the molecule is COc1cccc(-n2nc(C)c(C3COCCN3C(=O)/C=C/c3cccc(CO)c3)c2C)c1. The predicted octanol–water partition coefficient (Wildman–Crippen LogP) is 3.60. The molecule has 0 aliphatic carbocycles. The average Bonchev–Trinajstić information content (AvgIpc) is 3.16. The second-order valence-corrected chi connectivity index (χ2v) is 8.06. The molecule has 1 unspecified atom stereocenters. The number of nitrogens with zero attached hydrogens (tertiary/aromatic N) is 3. The molecule has 1 fully saturated rings. The maximum absolute atomic E-state index is 13.2. The number of aryl methyl sites for hydroxylation is 1. The molecule has 33 heavy (non-hydrogen) atoms. The number of methoxy groups -OCH3 is 1. The van der Waals surface area contributed by atoms with Crippen LogP contribution < -0.4 is 4.74 Å². The second-order valence-electron chi connectivity index (χ2n) is 8.06. The lowest BCUT2D eigenvalue weighted by Gasteiger charge is -2.35. The van der Waals surface area contributed by atoms with Crippen molar-refractivity contribution in [3.8, 4) is 11.4 Å². The zero-order valence-electron chi connectivity index (χ0n) is 19.2. The molecular weight excluding hydrogens is 418 g/mol. The van der Waals surface area contributed by atoms with E-state index in [-0.39, 0.29) is 18.6 Å². The molecule has 1 N–H and O–H groups in total. The summed E-state index contributed by atoms with van der Waals surface area (Å²) in [7, 11) is 1.64. The first-order chi connectivity index (χ1) is 16.0. The molecule has 0 saturated carbocycles. The number of carbonyl (C=O) groups is 1. The lowest BCUT2D eigenvalue weighted by Crippen LogP contribution is -2.43. The van der Waals surface area contributed by atoms with E-state index >= 15 is 0 Å². The summed E-state index contributed by atoms with van der Waals surface area (Å²) in [5, 5.41) is 14.1. The van der Waals surface area contributed by atoms with Gasteiger partial charge in [0.05, 0.1) is 44.4 Å². The number of rotatable bonds is 6. The Morgan fingerprint density at radius 3 is 2.85 bits per heavy atom. The molecule has 1 amide bonds. The van der Waals surface area contributed by atoms with Crippen LogP contribution in [0.4, 0.5) is 0 Å². The first-order valence-electron chi connectivity index (χ1n) is 11.0. The molecule has 7 nitrogen and oxygen atoms in total. The number of aromatic nitrogens is 2. The fourth-order valence-electron chi connectivity index (χ4n) is 4.30. The van der Waals surface area contributed by atoms with E-state index in [2.05, 4.69) is 0 Å². The summed E-state index contributed by atoms with van der Waals surface area (Å²) in [6.07, 6.45) is 3.37. The zero-order valence-corrected chi connectivity index (χ0v) is 19.2. The highest BCUT2D eigenvalue weighted by Crippen LogP contribution is 2.31. The van der Waals surface area contributed by atoms with E-state index in [1.165, 1.54) is 0 Å². The average molecular weight is 448 g/mol. The van der Waals surface area contributed by atoms with Gasteiger partial charge in [-0.25, -0.2) is 4.68 Å². The molecule has 4 rings (SSSR count). The van der Waals surface area contributed by atoms with Crippen molar-refractivity contribution in [1.29, 1.82) is 0 Å². The maximum Gasteiger partial charge on any atom is 0.247 e. The van der Waals surface area contributed by atoms with Crippen molar-refractivity contribution < 1.29 is 19.4 Å². The Labute approximate surface area is 193 Å². The summed E-state index contributed by atoms with van der Waals surface area (Å²) in [6.45, 7) is 5.38. The van der Waals surface area contributed by atoms with Gasteiger partial charge >= 0.3 is 0 Å². The summed E-state index contributed by atoms with van der Waals surface area (Å²) in [6, 6.07) is 15.0. The summed E-state index contributed by atoms with van der Waals surface area (Å²) < 4.78 is 13.0. The third-order valence-corrected chi connectivity index (χ3v) is 5.94. The summed E-state index contributed by atoms with van der Waals surface area (Å²) in [4.78, 5) is 15.0. The van der Waals surface area contributed by atoms with E-state index in [0.717, 1.165) is 39.5 Å². The van der Waals surface area contributed by atoms with Gasteiger partial charge in [-0.3, -0.25) is 4.79 Å². The monoisotopic (exact) mass is 447 g/mol. The Morgan fingerprint density at radius 2 is 2.06 bits per heavy atom. The van der Waals surface area contributed by atoms with Gasteiger partial charge in [0.2, 0.25) is 5.91 Å². The van der Waals surface area contributed by atoms with Crippen molar-refractivity contribution in [3.63, 3.8) is 0 Å². The van der Waals surface area contributed by atoms with Gasteiger partial charge in [0.1, 0.15) is 5.75 Å². The van der Waals surface area contributed by atoms with Gasteiger partial charge in [0, 0.05) is 29.9 Å². The normalized spacial score (nSPS) is 16.4. The van der Waals surface area contributed by atoms with Crippen LogP contribution in [-0.4, -0.2) is 52.6 Å². The first-order valence-corrected chi connectivity index (χ1v) is 11.0. The van der Waals surface area contributed by atoms with Gasteiger partial charge in [-0.2, -0.15) is 5.10 Å². The van der Waals surface area contributed by atoms with Gasteiger partial charge in [0.15, 0.2) is 0 Å². The van der Waals surface area contributed by atoms with Crippen LogP contribution in [0.5, 0.6) is 5.75 Å². The number of amides is 1. The Kier molecular flexibility index (Phi) is 6.91. The molecule has 1 aliphatic rings. The number of morpholine rings is 1. The molecule has 2 heterocycles. The number of aliphatic hydroxyl groups excluding tert-OH is 1. The lowest BCUT2D eigenvalue weighted by atomic mass is 10.0. The Hall–Kier alpha value is -3.42. The van der Waals surface area contributed by atoms with E-state index < -0.39 is 0 Å². The Bertz CT molecular complexity index is 1170. The van der Waals surface area contributed by atoms with Crippen LogP contribution in [0.25, 0.3) is 11.8 Å². The van der Waals surface area contributed by atoms with Crippen molar-refractivity contribution >= 4 is 12.0 Å². The summed E-state index contributed by atoms with van der Waals surface area (Å²) in [5.74, 6) is 0.681. The molecule has 1 aliphatic heterocycles. The maximum atomic E-state index is 13.2. The van der Waals surface area contributed by atoms with Crippen molar-refractivity contribution in [1.82, 2.24) is 14.7 Å². The van der Waals surface area contributed by atoms with Crippen LogP contribution >= 0.6 is 0 Å². The standard InChI is InChI=1S/C26H29N3O4/c1-18-26(19(2)29(27-18)22-8-5-9-23(15-22)32-3)24-17-33-13-12-28(24)25(31)11-10-20-6-4-7-21(14-20)16-30/h4-11,14-15,24,30H,12-13,16-17H2,1-3H3/b11-10+. The molecule has 1 saturated heterocycles. The second kappa shape index (κ2) is 10.0. The number of benzene rings is 2. The zero-order chi connectivity index (χ0) is 23.4. The minimum Gasteiger partial charge on any atom is -0.497 e. The topological polar surface area (TPSA) is 76.8 Å². The molecular formula is C26H29N3O4. The molecule has 7 heteroatoms. The molecule has 0 radical (unpaired) electrons. The summed E-state index contributed by atoms with van der Waals surface area (Å²) in [5.41, 5.74) is 5.42. The van der Waals surface area contributed by atoms with Crippen LogP contribution in [0.15, 0.2) is 54.6 Å². The van der Waals surface area contributed by atoms with E-state index in [9.17, 15) is 9.90 Å². The van der Waals surface area contributed by atoms with Crippen LogP contribution in [0.1, 0.15) is 34.1 Å². The van der Waals surface area contributed by atoms with Crippen molar-refractivity contribution in [2.75, 3.05) is 26.9 Å². The Morgan fingerprint density at radius 1 is 1.24 bits per heavy atom. The summed E-state index contributed by atoms with van der Waals surface area (Å²) >= 11 is 0. The van der Waals surface area contributed by atoms with E-state index in [1.54, 1.807) is 19.3 Å². The molecule has 172 valence electrons. The molecule has 1 atom stereocenters. The van der Waals surface area contributed by atoms with Gasteiger partial charge in [0.25, 0.3) is 0 Å². The number of hydrogen-bond donors (Lipinski definition) is 1. The molecule has 2 aromatic carbocycles. The minimum atomic E-state index is -0.223. The van der Waals surface area contributed by atoms with Crippen LogP contribution in [0.2, 0.25) is 0 Å². The third-order valence-electron chi connectivity index (χ3n) is 5.94. The van der Waals surface area contributed by atoms with Crippen molar-refractivity contribution in [2.24, 2.45) is 0 Å². The number of aliphatic hydroxyl groups is 1. The highest BCUT2D eigenvalue weighted by atomic mass is 16.5. The number of hydrogen-bond acceptors (Lipinski definition) is 5. The van der Waals surface area contributed by atoms with Gasteiger partial charge in [-0.1, -0.05) is 24.3 Å². The number of ether oxygens (including phenoxy) is 2. The fraction of sp³-hybridized carbons (Fsp3) is 0.308. The molecule has 3 aromatic rings. The van der Waals surface area contributed by atoms with Crippen molar-refractivity contribution in [2.45, 2.75) is 26.5 Å². The Balaban J connectivity index is 1.62. The van der Waals surface area contributed by atoms with E-state index in [1.807, 2.05) is 72.0 Å². The van der Waals surface area contributed by atoms with E-state index in [4.69, 9.17) is 14.6 Å². The quantitative estimate of drug-likeness (QED) is 0.585. The van der Waals surface area contributed by atoms with Crippen molar-refractivity contribution in [3.05, 3.63) is 82.7 Å². The van der Waals surface area contributed by atoms with Gasteiger partial charge in [-0.15, -0.1) is 0 Å². The smallest absolute Gasteiger partial charge is 0.247 e. The minimum absolute atomic E-state index is 0.0308. The molecule has 0 bridgehead atoms. The van der Waals surface area contributed by atoms with E-state index in [0.29, 0.717) is 19.8 Å². The largest absolute Gasteiger partial charge is 0.497 e. The fourth-order valence-corrected chi connectivity index (χ4v) is 4.30. The highest BCUT2D eigenvalue weighted by Gasteiger charge is 2.32. The van der Waals surface area contributed by atoms with Gasteiger partial charge < -0.3 is 19.5 Å². The lowest BCUT2D eigenvalue weighted by molar-refractivity contribution is -0.134. The van der Waals surface area contributed by atoms with Crippen LogP contribution in [0, 0.1) is 13.8 Å². The van der Waals surface area contributed by atoms with Gasteiger partial charge in [-0.05, 0) is 49.2 Å². The first kappa shape index (κ1) is 22.8. The molecule has 1 aromatic heterocycles. The van der Waals surface area contributed by atoms with Crippen LogP contribution in [-0.2, 0) is 16.1 Å². The molecule has 0 spiro atoms. The third kappa shape index (κ3) is 4.84. The van der Waals surface area contributed by atoms with Crippen LogP contribution in [0.3, 0.4) is 0 Å².